The molecule has 0 fully saturated rings. The SMILES string of the molecule is COc1ccc(-c2onc(N[C@H](CO)CC(C)C)c2C(=O)O)cc1. The molecule has 130 valence electrons. The molecule has 3 N–H and O–H groups in total. The predicted molar refractivity (Wildman–Crippen MR) is 89.4 cm³/mol. The zero-order valence-electron chi connectivity index (χ0n) is 13.9. The Balaban J connectivity index is 2.33. The van der Waals surface area contributed by atoms with E-state index in [4.69, 9.17) is 9.26 Å². The van der Waals surface area contributed by atoms with Crippen molar-refractivity contribution in [1.29, 1.82) is 0 Å². The van der Waals surface area contributed by atoms with Gasteiger partial charge in [-0.1, -0.05) is 19.0 Å². The lowest BCUT2D eigenvalue weighted by atomic mass is 10.0. The summed E-state index contributed by atoms with van der Waals surface area (Å²) in [6.07, 6.45) is 0.681. The maximum Gasteiger partial charge on any atom is 0.343 e. The van der Waals surface area contributed by atoms with Gasteiger partial charge in [-0.05, 0) is 36.6 Å². The van der Waals surface area contributed by atoms with Crippen LogP contribution in [0.15, 0.2) is 28.8 Å². The summed E-state index contributed by atoms with van der Waals surface area (Å²) in [4.78, 5) is 11.7. The maximum absolute atomic E-state index is 11.7. The molecule has 2 aromatic rings. The number of aliphatic hydroxyl groups is 1. The number of nitrogens with one attached hydrogen (secondary N) is 1. The third kappa shape index (κ3) is 4.05. The van der Waals surface area contributed by atoms with Crippen molar-refractivity contribution in [2.24, 2.45) is 5.92 Å². The van der Waals surface area contributed by atoms with Gasteiger partial charge >= 0.3 is 5.97 Å². The van der Waals surface area contributed by atoms with Gasteiger partial charge in [-0.2, -0.15) is 0 Å². The molecule has 7 nitrogen and oxygen atoms in total. The summed E-state index contributed by atoms with van der Waals surface area (Å²) < 4.78 is 10.3. The highest BCUT2D eigenvalue weighted by molar-refractivity contribution is 5.99. The molecule has 2 rings (SSSR count). The zero-order chi connectivity index (χ0) is 17.7. The van der Waals surface area contributed by atoms with Crippen LogP contribution in [0.5, 0.6) is 5.75 Å². The standard InChI is InChI=1S/C17H22N2O5/c1-10(2)8-12(9-20)18-16-14(17(21)22)15(24-19-16)11-4-6-13(23-3)7-5-11/h4-7,10,12,20H,8-9H2,1-3H3,(H,18,19)(H,21,22)/t12-/m0/s1. The van der Waals surface area contributed by atoms with Crippen molar-refractivity contribution in [3.63, 3.8) is 0 Å². The van der Waals surface area contributed by atoms with Crippen molar-refractivity contribution in [2.75, 3.05) is 19.0 Å². The van der Waals surface area contributed by atoms with Crippen LogP contribution in [0.4, 0.5) is 5.82 Å². The van der Waals surface area contributed by atoms with Crippen molar-refractivity contribution in [3.05, 3.63) is 29.8 Å². The van der Waals surface area contributed by atoms with Crippen molar-refractivity contribution < 1.29 is 24.3 Å². The highest BCUT2D eigenvalue weighted by Crippen LogP contribution is 2.31. The van der Waals surface area contributed by atoms with Crippen LogP contribution in [0.2, 0.25) is 0 Å². The van der Waals surface area contributed by atoms with Gasteiger partial charge in [0.1, 0.15) is 5.75 Å². The third-order valence-electron chi connectivity index (χ3n) is 3.58. The number of benzene rings is 1. The number of anilines is 1. The van der Waals surface area contributed by atoms with Gasteiger partial charge in [-0.3, -0.25) is 0 Å². The topological polar surface area (TPSA) is 105 Å². The molecule has 1 heterocycles. The molecule has 0 aliphatic rings. The number of carboxylic acid groups (broad SMARTS) is 1. The number of carboxylic acids is 1. The van der Waals surface area contributed by atoms with Gasteiger partial charge in [-0.25, -0.2) is 4.79 Å². The quantitative estimate of drug-likeness (QED) is 0.681. The first-order chi connectivity index (χ1) is 11.5. The lowest BCUT2D eigenvalue weighted by molar-refractivity contribution is 0.0698. The van der Waals surface area contributed by atoms with Gasteiger partial charge in [-0.15, -0.1) is 0 Å². The lowest BCUT2D eigenvalue weighted by Gasteiger charge is -2.17. The Morgan fingerprint density at radius 3 is 2.50 bits per heavy atom. The molecule has 0 saturated heterocycles. The first-order valence-corrected chi connectivity index (χ1v) is 7.71. The molecule has 0 unspecified atom stereocenters. The Kier molecular flexibility index (Phi) is 5.81. The van der Waals surface area contributed by atoms with Crippen LogP contribution < -0.4 is 10.1 Å². The van der Waals surface area contributed by atoms with Gasteiger partial charge < -0.3 is 24.8 Å². The molecular formula is C17H22N2O5. The van der Waals surface area contributed by atoms with Gasteiger partial charge in [0.25, 0.3) is 0 Å². The number of nitrogens with zero attached hydrogens (tertiary/aromatic N) is 1. The smallest absolute Gasteiger partial charge is 0.343 e. The average molecular weight is 334 g/mol. The van der Waals surface area contributed by atoms with E-state index in [9.17, 15) is 15.0 Å². The van der Waals surface area contributed by atoms with Crippen LogP contribution in [0.3, 0.4) is 0 Å². The van der Waals surface area contributed by atoms with Crippen molar-refractivity contribution in [1.82, 2.24) is 5.16 Å². The summed E-state index contributed by atoms with van der Waals surface area (Å²) in [6.45, 7) is 3.92. The number of carbonyl (C=O) groups is 1. The molecule has 0 amide bonds. The van der Waals surface area contributed by atoms with Crippen LogP contribution in [-0.4, -0.2) is 41.1 Å². The summed E-state index contributed by atoms with van der Waals surface area (Å²) in [6, 6.07) is 6.54. The fraction of sp³-hybridized carbons (Fsp3) is 0.412. The molecule has 1 aromatic carbocycles. The number of aromatic nitrogens is 1. The Morgan fingerprint density at radius 1 is 1.33 bits per heavy atom. The molecule has 0 radical (unpaired) electrons. The van der Waals surface area contributed by atoms with Crippen LogP contribution in [0.25, 0.3) is 11.3 Å². The van der Waals surface area contributed by atoms with E-state index in [0.29, 0.717) is 23.7 Å². The Morgan fingerprint density at radius 2 is 2.00 bits per heavy atom. The van der Waals surface area contributed by atoms with Crippen molar-refractivity contribution >= 4 is 11.8 Å². The lowest BCUT2D eigenvalue weighted by Crippen LogP contribution is -2.26. The number of hydrogen-bond donors (Lipinski definition) is 3. The summed E-state index contributed by atoms with van der Waals surface area (Å²) in [5, 5.41) is 25.8. The summed E-state index contributed by atoms with van der Waals surface area (Å²) in [5.41, 5.74) is 0.528. The minimum atomic E-state index is -1.15. The molecule has 7 heteroatoms. The van der Waals surface area contributed by atoms with E-state index < -0.39 is 5.97 Å². The van der Waals surface area contributed by atoms with Gasteiger partial charge in [0.15, 0.2) is 17.1 Å². The van der Waals surface area contributed by atoms with E-state index >= 15 is 0 Å². The number of aromatic carboxylic acids is 1. The van der Waals surface area contributed by atoms with Crippen LogP contribution in [0.1, 0.15) is 30.6 Å². The number of aliphatic hydroxyl groups excluding tert-OH is 1. The van der Waals surface area contributed by atoms with Crippen LogP contribution in [-0.2, 0) is 0 Å². The van der Waals surface area contributed by atoms with Crippen LogP contribution >= 0.6 is 0 Å². The van der Waals surface area contributed by atoms with Crippen LogP contribution in [0, 0.1) is 5.92 Å². The second-order valence-corrected chi connectivity index (χ2v) is 5.92. The first-order valence-electron chi connectivity index (χ1n) is 7.71. The van der Waals surface area contributed by atoms with Gasteiger partial charge in [0.05, 0.1) is 19.8 Å². The van der Waals surface area contributed by atoms with E-state index in [2.05, 4.69) is 10.5 Å². The highest BCUT2D eigenvalue weighted by atomic mass is 16.5. The van der Waals surface area contributed by atoms with E-state index in [1.165, 1.54) is 0 Å². The zero-order valence-corrected chi connectivity index (χ0v) is 13.9. The number of hydrogen-bond acceptors (Lipinski definition) is 6. The molecular weight excluding hydrogens is 312 g/mol. The molecule has 1 atom stereocenters. The third-order valence-corrected chi connectivity index (χ3v) is 3.58. The van der Waals surface area contributed by atoms with E-state index in [1.54, 1.807) is 31.4 Å². The predicted octanol–water partition coefficient (Wildman–Crippen LogP) is 2.87. The van der Waals surface area contributed by atoms with Crippen molar-refractivity contribution in [2.45, 2.75) is 26.3 Å². The normalized spacial score (nSPS) is 12.2. The first kappa shape index (κ1) is 17.8. The minimum absolute atomic E-state index is 0.0534. The Labute approximate surface area is 140 Å². The van der Waals surface area contributed by atoms with E-state index in [-0.39, 0.29) is 29.8 Å². The summed E-state index contributed by atoms with van der Waals surface area (Å²) in [5.74, 6) is 0.134. The molecule has 0 saturated carbocycles. The number of rotatable bonds is 8. The Bertz CT molecular complexity index is 679. The second kappa shape index (κ2) is 7.83. The number of ether oxygens (including phenoxy) is 1. The highest BCUT2D eigenvalue weighted by Gasteiger charge is 2.25. The summed E-state index contributed by atoms with van der Waals surface area (Å²) in [7, 11) is 1.55. The molecule has 0 aliphatic carbocycles. The number of methoxy groups -OCH3 is 1. The minimum Gasteiger partial charge on any atom is -0.497 e. The van der Waals surface area contributed by atoms with Crippen molar-refractivity contribution in [3.8, 4) is 17.1 Å². The van der Waals surface area contributed by atoms with Gasteiger partial charge in [0, 0.05) is 5.56 Å². The van der Waals surface area contributed by atoms with E-state index in [1.807, 2.05) is 13.8 Å². The molecule has 1 aromatic heterocycles. The molecule has 0 bridgehead atoms. The van der Waals surface area contributed by atoms with E-state index in [0.717, 1.165) is 0 Å². The fourth-order valence-electron chi connectivity index (χ4n) is 2.47. The monoisotopic (exact) mass is 334 g/mol. The average Bonchev–Trinajstić information content (AvgIpc) is 2.97. The van der Waals surface area contributed by atoms with Gasteiger partial charge in [0.2, 0.25) is 0 Å². The summed E-state index contributed by atoms with van der Waals surface area (Å²) >= 11 is 0. The largest absolute Gasteiger partial charge is 0.497 e. The second-order valence-electron chi connectivity index (χ2n) is 5.92. The Hall–Kier alpha value is -2.54. The molecule has 0 aliphatic heterocycles. The molecule has 0 spiro atoms. The fourth-order valence-corrected chi connectivity index (χ4v) is 2.47. The molecule has 24 heavy (non-hydrogen) atoms. The maximum atomic E-state index is 11.7.